The summed E-state index contributed by atoms with van der Waals surface area (Å²) in [6.07, 6.45) is 0.986. The molecule has 1 atom stereocenters. The van der Waals surface area contributed by atoms with Crippen LogP contribution in [0.2, 0.25) is 0 Å². The van der Waals surface area contributed by atoms with Gasteiger partial charge in [-0.05, 0) is 38.0 Å². The van der Waals surface area contributed by atoms with Gasteiger partial charge in [0.05, 0.1) is 5.25 Å². The Morgan fingerprint density at radius 3 is 2.61 bits per heavy atom. The normalized spacial score (nSPS) is 11.8. The monoisotopic (exact) mass is 394 g/mol. The van der Waals surface area contributed by atoms with Crippen LogP contribution in [0, 0.1) is 0 Å². The number of carbonyl (C=O) groups is 2. The van der Waals surface area contributed by atoms with Crippen molar-refractivity contribution in [2.24, 2.45) is 0 Å². The van der Waals surface area contributed by atoms with Crippen molar-refractivity contribution in [3.63, 3.8) is 0 Å². The summed E-state index contributed by atoms with van der Waals surface area (Å²) in [6, 6.07) is 15.0. The number of rotatable bonds is 7. The molecule has 0 aliphatic heterocycles. The molecule has 2 N–H and O–H groups in total. The summed E-state index contributed by atoms with van der Waals surface area (Å²) in [5.41, 5.74) is 3.37. The molecular formula is C21H22N4O2S. The molecule has 6 nitrogen and oxygen atoms in total. The minimum atomic E-state index is -0.396. The Kier molecular flexibility index (Phi) is 6.26. The second kappa shape index (κ2) is 8.84. The largest absolute Gasteiger partial charge is 0.325 e. The number of hydrogen-bond donors (Lipinski definition) is 2. The summed E-state index contributed by atoms with van der Waals surface area (Å²) in [5.74, 6) is 0.454. The van der Waals surface area contributed by atoms with Crippen LogP contribution in [0.15, 0.2) is 53.7 Å². The third-order valence-corrected chi connectivity index (χ3v) is 5.25. The molecule has 2 aromatic carbocycles. The van der Waals surface area contributed by atoms with Crippen LogP contribution in [0.4, 0.5) is 5.69 Å². The van der Waals surface area contributed by atoms with Gasteiger partial charge in [-0.2, -0.15) is 0 Å². The average molecular weight is 395 g/mol. The van der Waals surface area contributed by atoms with E-state index in [0.29, 0.717) is 22.2 Å². The Balaban J connectivity index is 1.63. The molecule has 0 aliphatic rings. The van der Waals surface area contributed by atoms with Crippen LogP contribution in [0.5, 0.6) is 0 Å². The molecule has 0 saturated carbocycles. The van der Waals surface area contributed by atoms with Crippen molar-refractivity contribution in [3.8, 4) is 11.4 Å². The molecule has 0 fully saturated rings. The van der Waals surface area contributed by atoms with Gasteiger partial charge in [-0.3, -0.25) is 14.7 Å². The van der Waals surface area contributed by atoms with Crippen LogP contribution in [0.1, 0.15) is 36.7 Å². The molecule has 0 bridgehead atoms. The van der Waals surface area contributed by atoms with Crippen molar-refractivity contribution < 1.29 is 9.59 Å². The van der Waals surface area contributed by atoms with Crippen LogP contribution in [0.3, 0.4) is 0 Å². The number of ketones is 1. The van der Waals surface area contributed by atoms with Gasteiger partial charge in [-0.25, -0.2) is 4.98 Å². The maximum Gasteiger partial charge on any atom is 0.237 e. The highest BCUT2D eigenvalue weighted by Gasteiger charge is 2.18. The minimum absolute atomic E-state index is 0.0428. The molecular weight excluding hydrogens is 372 g/mol. The van der Waals surface area contributed by atoms with Gasteiger partial charge in [0, 0.05) is 16.8 Å². The number of thioether (sulfide) groups is 1. The van der Waals surface area contributed by atoms with E-state index in [9.17, 15) is 9.59 Å². The van der Waals surface area contributed by atoms with Crippen LogP contribution in [0.25, 0.3) is 11.4 Å². The SMILES string of the molecule is CCc1ccc(-c2nc(S[C@H](C)C(=O)Nc3cccc(C(C)=O)c3)n[nH]2)cc1. The molecule has 144 valence electrons. The molecule has 0 unspecified atom stereocenters. The molecule has 0 saturated heterocycles. The highest BCUT2D eigenvalue weighted by atomic mass is 32.2. The zero-order valence-electron chi connectivity index (χ0n) is 16.0. The Morgan fingerprint density at radius 1 is 1.18 bits per heavy atom. The summed E-state index contributed by atoms with van der Waals surface area (Å²) < 4.78 is 0. The first-order valence-corrected chi connectivity index (χ1v) is 9.94. The Hall–Kier alpha value is -2.93. The van der Waals surface area contributed by atoms with Gasteiger partial charge in [0.2, 0.25) is 11.1 Å². The highest BCUT2D eigenvalue weighted by Crippen LogP contribution is 2.24. The minimum Gasteiger partial charge on any atom is -0.325 e. The van der Waals surface area contributed by atoms with Gasteiger partial charge in [-0.1, -0.05) is 55.1 Å². The third-order valence-electron chi connectivity index (χ3n) is 4.29. The number of benzene rings is 2. The average Bonchev–Trinajstić information content (AvgIpc) is 3.16. The number of carbonyl (C=O) groups excluding carboxylic acids is 2. The maximum absolute atomic E-state index is 12.5. The summed E-state index contributed by atoms with van der Waals surface area (Å²) in [4.78, 5) is 28.4. The molecule has 7 heteroatoms. The number of anilines is 1. The third kappa shape index (κ3) is 4.86. The lowest BCUT2D eigenvalue weighted by atomic mass is 10.1. The van der Waals surface area contributed by atoms with Crippen molar-refractivity contribution in [2.75, 3.05) is 5.32 Å². The highest BCUT2D eigenvalue weighted by molar-refractivity contribution is 8.00. The van der Waals surface area contributed by atoms with Crippen molar-refractivity contribution in [1.29, 1.82) is 0 Å². The first-order chi connectivity index (χ1) is 13.5. The van der Waals surface area contributed by atoms with Crippen molar-refractivity contribution in [1.82, 2.24) is 15.2 Å². The fourth-order valence-corrected chi connectivity index (χ4v) is 3.32. The van der Waals surface area contributed by atoms with E-state index in [0.717, 1.165) is 12.0 Å². The second-order valence-electron chi connectivity index (χ2n) is 6.40. The summed E-state index contributed by atoms with van der Waals surface area (Å²) >= 11 is 1.27. The summed E-state index contributed by atoms with van der Waals surface area (Å²) in [7, 11) is 0. The molecule has 3 aromatic rings. The van der Waals surface area contributed by atoms with Crippen molar-refractivity contribution in [2.45, 2.75) is 37.6 Å². The number of H-pyrrole nitrogens is 1. The van der Waals surface area contributed by atoms with Gasteiger partial charge < -0.3 is 5.32 Å². The number of aromatic amines is 1. The van der Waals surface area contributed by atoms with Crippen LogP contribution < -0.4 is 5.32 Å². The lowest BCUT2D eigenvalue weighted by molar-refractivity contribution is -0.115. The standard InChI is InChI=1S/C21H22N4O2S/c1-4-15-8-10-16(11-9-15)19-23-21(25-24-19)28-14(3)20(27)22-18-7-5-6-17(12-18)13(2)26/h5-12,14H,4H2,1-3H3,(H,22,27)(H,23,24,25)/t14-/m1/s1. The van der Waals surface area contributed by atoms with E-state index in [1.165, 1.54) is 24.2 Å². The molecule has 28 heavy (non-hydrogen) atoms. The Bertz CT molecular complexity index is 982. The van der Waals surface area contributed by atoms with Gasteiger partial charge >= 0.3 is 0 Å². The molecule has 0 spiro atoms. The van der Waals surface area contributed by atoms with Crippen LogP contribution >= 0.6 is 11.8 Å². The zero-order valence-corrected chi connectivity index (χ0v) is 16.8. The first-order valence-electron chi connectivity index (χ1n) is 9.06. The Labute approximate surface area is 168 Å². The van der Waals surface area contributed by atoms with E-state index in [1.54, 1.807) is 31.2 Å². The smallest absolute Gasteiger partial charge is 0.237 e. The van der Waals surface area contributed by atoms with Crippen LogP contribution in [-0.2, 0) is 11.2 Å². The maximum atomic E-state index is 12.5. The van der Waals surface area contributed by atoms with E-state index in [4.69, 9.17) is 0 Å². The van der Waals surface area contributed by atoms with Gasteiger partial charge in [-0.15, -0.1) is 5.10 Å². The molecule has 1 heterocycles. The predicted molar refractivity (Wildman–Crippen MR) is 112 cm³/mol. The van der Waals surface area contributed by atoms with E-state index in [-0.39, 0.29) is 11.7 Å². The lowest BCUT2D eigenvalue weighted by Gasteiger charge is -2.10. The summed E-state index contributed by atoms with van der Waals surface area (Å²) in [5, 5.41) is 10.1. The number of aromatic nitrogens is 3. The number of nitrogens with one attached hydrogen (secondary N) is 2. The molecule has 1 amide bonds. The quantitative estimate of drug-likeness (QED) is 0.459. The zero-order chi connectivity index (χ0) is 20.1. The fraction of sp³-hybridized carbons (Fsp3) is 0.238. The molecule has 3 rings (SSSR count). The van der Waals surface area contributed by atoms with Crippen LogP contribution in [-0.4, -0.2) is 32.1 Å². The summed E-state index contributed by atoms with van der Waals surface area (Å²) in [6.45, 7) is 5.40. The fourth-order valence-electron chi connectivity index (χ4n) is 2.60. The van der Waals surface area contributed by atoms with Crippen molar-refractivity contribution >= 4 is 29.1 Å². The number of nitrogens with zero attached hydrogens (tertiary/aromatic N) is 2. The number of amides is 1. The second-order valence-corrected chi connectivity index (χ2v) is 7.71. The van der Waals surface area contributed by atoms with Crippen molar-refractivity contribution in [3.05, 3.63) is 59.7 Å². The molecule has 0 radical (unpaired) electrons. The predicted octanol–water partition coefficient (Wildman–Crippen LogP) is 4.36. The van der Waals surface area contributed by atoms with E-state index in [2.05, 4.69) is 39.6 Å². The number of hydrogen-bond acceptors (Lipinski definition) is 5. The molecule has 0 aliphatic carbocycles. The van der Waals surface area contributed by atoms with E-state index < -0.39 is 5.25 Å². The number of aryl methyl sites for hydroxylation is 1. The van der Waals surface area contributed by atoms with Gasteiger partial charge in [0.25, 0.3) is 0 Å². The van der Waals surface area contributed by atoms with E-state index in [1.807, 2.05) is 12.1 Å². The Morgan fingerprint density at radius 2 is 1.93 bits per heavy atom. The van der Waals surface area contributed by atoms with E-state index >= 15 is 0 Å². The molecule has 1 aromatic heterocycles. The first kappa shape index (κ1) is 19.8. The number of Topliss-reactive ketones (excluding diaryl/α,β-unsaturated/α-hetero) is 1. The lowest BCUT2D eigenvalue weighted by Crippen LogP contribution is -2.22. The topological polar surface area (TPSA) is 87.7 Å². The van der Waals surface area contributed by atoms with Gasteiger partial charge in [0.1, 0.15) is 0 Å². The van der Waals surface area contributed by atoms with Gasteiger partial charge in [0.15, 0.2) is 11.6 Å².